The van der Waals surface area contributed by atoms with Crippen molar-refractivity contribution < 1.29 is 14.3 Å². The Bertz CT molecular complexity index is 621. The average Bonchev–Trinajstić information content (AvgIpc) is 2.81. The lowest BCUT2D eigenvalue weighted by molar-refractivity contribution is -0.141. The Labute approximate surface area is 116 Å². The van der Waals surface area contributed by atoms with E-state index in [1.165, 1.54) is 7.11 Å². The molecule has 0 aliphatic heterocycles. The fourth-order valence-electron chi connectivity index (χ4n) is 2.02. The molecule has 2 rings (SSSR count). The zero-order valence-corrected chi connectivity index (χ0v) is 11.5. The Kier molecular flexibility index (Phi) is 4.34. The van der Waals surface area contributed by atoms with Gasteiger partial charge in [0.2, 0.25) is 5.91 Å². The molecular formula is C14H17N3O3. The summed E-state index contributed by atoms with van der Waals surface area (Å²) >= 11 is 0. The molecule has 0 saturated carbocycles. The molecule has 6 nitrogen and oxygen atoms in total. The lowest BCUT2D eigenvalue weighted by Gasteiger charge is -2.12. The molecule has 0 aliphatic rings. The molecule has 1 atom stereocenters. The topological polar surface area (TPSA) is 84.1 Å². The van der Waals surface area contributed by atoms with E-state index in [1.807, 2.05) is 24.3 Å². The number of amides is 1. The van der Waals surface area contributed by atoms with E-state index in [0.29, 0.717) is 0 Å². The number of aromatic nitrogens is 2. The number of ether oxygens (including phenoxy) is 1. The number of hydrogen-bond donors (Lipinski definition) is 2. The molecule has 0 fully saturated rings. The number of fused-ring (bicyclic) bond motifs is 1. The van der Waals surface area contributed by atoms with Gasteiger partial charge in [-0.3, -0.25) is 14.7 Å². The van der Waals surface area contributed by atoms with Crippen LogP contribution in [0.2, 0.25) is 0 Å². The van der Waals surface area contributed by atoms with Crippen molar-refractivity contribution in [2.24, 2.45) is 0 Å². The quantitative estimate of drug-likeness (QED) is 0.802. The standard InChI is InChI=1S/C14H17N3O3/c1-9(7-14(19)20-2)15-13(18)8-12-10-5-3-4-6-11(10)16-17-12/h3-6,9H,7-8H2,1-2H3,(H,15,18)(H,16,17)/t9-/m1/s1. The van der Waals surface area contributed by atoms with Gasteiger partial charge in [-0.05, 0) is 13.0 Å². The van der Waals surface area contributed by atoms with Gasteiger partial charge in [-0.15, -0.1) is 0 Å². The van der Waals surface area contributed by atoms with Gasteiger partial charge < -0.3 is 10.1 Å². The first kappa shape index (κ1) is 14.0. The number of nitrogens with zero attached hydrogens (tertiary/aromatic N) is 1. The Morgan fingerprint density at radius 2 is 2.15 bits per heavy atom. The summed E-state index contributed by atoms with van der Waals surface area (Å²) in [6, 6.07) is 7.33. The van der Waals surface area contributed by atoms with E-state index in [4.69, 9.17) is 0 Å². The summed E-state index contributed by atoms with van der Waals surface area (Å²) < 4.78 is 4.56. The molecular weight excluding hydrogens is 258 g/mol. The van der Waals surface area contributed by atoms with Crippen LogP contribution in [0.5, 0.6) is 0 Å². The van der Waals surface area contributed by atoms with Crippen LogP contribution in [0, 0.1) is 0 Å². The largest absolute Gasteiger partial charge is 0.469 e. The molecule has 0 unspecified atom stereocenters. The number of methoxy groups -OCH3 is 1. The van der Waals surface area contributed by atoms with E-state index in [0.717, 1.165) is 16.6 Å². The second kappa shape index (κ2) is 6.18. The van der Waals surface area contributed by atoms with Crippen molar-refractivity contribution in [1.82, 2.24) is 15.5 Å². The Hall–Kier alpha value is -2.37. The molecule has 2 aromatic rings. The van der Waals surface area contributed by atoms with Crippen molar-refractivity contribution in [3.05, 3.63) is 30.0 Å². The maximum absolute atomic E-state index is 11.9. The van der Waals surface area contributed by atoms with Gasteiger partial charge in [-0.2, -0.15) is 5.10 Å². The Morgan fingerprint density at radius 1 is 1.40 bits per heavy atom. The number of H-pyrrole nitrogens is 1. The van der Waals surface area contributed by atoms with Crippen LogP contribution in [0.15, 0.2) is 24.3 Å². The molecule has 1 heterocycles. The molecule has 20 heavy (non-hydrogen) atoms. The zero-order valence-electron chi connectivity index (χ0n) is 11.5. The second-order valence-electron chi connectivity index (χ2n) is 4.64. The first-order valence-electron chi connectivity index (χ1n) is 6.38. The van der Waals surface area contributed by atoms with Crippen LogP contribution in [0.25, 0.3) is 10.9 Å². The van der Waals surface area contributed by atoms with Crippen molar-refractivity contribution in [2.45, 2.75) is 25.8 Å². The van der Waals surface area contributed by atoms with Gasteiger partial charge in [0.05, 0.1) is 31.2 Å². The van der Waals surface area contributed by atoms with Crippen molar-refractivity contribution in [3.8, 4) is 0 Å². The van der Waals surface area contributed by atoms with Crippen LogP contribution >= 0.6 is 0 Å². The summed E-state index contributed by atoms with van der Waals surface area (Å²) in [5.74, 6) is -0.499. The Balaban J connectivity index is 1.96. The summed E-state index contributed by atoms with van der Waals surface area (Å²) in [6.07, 6.45) is 0.359. The molecule has 0 radical (unpaired) electrons. The maximum Gasteiger partial charge on any atom is 0.307 e. The fourth-order valence-corrected chi connectivity index (χ4v) is 2.02. The summed E-state index contributed by atoms with van der Waals surface area (Å²) in [4.78, 5) is 23.0. The van der Waals surface area contributed by atoms with E-state index in [2.05, 4.69) is 20.3 Å². The van der Waals surface area contributed by atoms with E-state index >= 15 is 0 Å². The molecule has 0 spiro atoms. The molecule has 0 saturated heterocycles. The minimum absolute atomic E-state index is 0.157. The third-order valence-corrected chi connectivity index (χ3v) is 2.99. The number of para-hydroxylation sites is 1. The van der Waals surface area contributed by atoms with Crippen LogP contribution in [0.3, 0.4) is 0 Å². The molecule has 2 N–H and O–H groups in total. The van der Waals surface area contributed by atoms with Crippen molar-refractivity contribution >= 4 is 22.8 Å². The number of nitrogens with one attached hydrogen (secondary N) is 2. The predicted octanol–water partition coefficient (Wildman–Crippen LogP) is 1.17. The molecule has 1 aromatic carbocycles. The highest BCUT2D eigenvalue weighted by molar-refractivity contribution is 5.87. The normalized spacial score (nSPS) is 12.1. The third-order valence-electron chi connectivity index (χ3n) is 2.99. The van der Waals surface area contributed by atoms with Crippen LogP contribution in [-0.4, -0.2) is 35.2 Å². The van der Waals surface area contributed by atoms with Crippen LogP contribution < -0.4 is 5.32 Å². The highest BCUT2D eigenvalue weighted by Crippen LogP contribution is 2.15. The Morgan fingerprint density at radius 3 is 2.90 bits per heavy atom. The number of hydrogen-bond acceptors (Lipinski definition) is 4. The van der Waals surface area contributed by atoms with Crippen molar-refractivity contribution in [2.75, 3.05) is 7.11 Å². The highest BCUT2D eigenvalue weighted by atomic mass is 16.5. The molecule has 1 amide bonds. The van der Waals surface area contributed by atoms with Crippen LogP contribution in [0.1, 0.15) is 19.0 Å². The minimum atomic E-state index is -0.343. The molecule has 0 bridgehead atoms. The summed E-state index contributed by atoms with van der Waals surface area (Å²) in [5.41, 5.74) is 1.60. The smallest absolute Gasteiger partial charge is 0.307 e. The SMILES string of the molecule is COC(=O)C[C@@H](C)NC(=O)Cc1[nH]nc2ccccc12. The summed E-state index contributed by atoms with van der Waals surface area (Å²) in [6.45, 7) is 1.76. The highest BCUT2D eigenvalue weighted by Gasteiger charge is 2.14. The summed E-state index contributed by atoms with van der Waals surface area (Å²) in [5, 5.41) is 10.7. The van der Waals surface area contributed by atoms with Gasteiger partial charge in [-0.25, -0.2) is 0 Å². The number of rotatable bonds is 5. The van der Waals surface area contributed by atoms with Crippen LogP contribution in [-0.2, 0) is 20.7 Å². The maximum atomic E-state index is 11.9. The molecule has 1 aromatic heterocycles. The van der Waals surface area contributed by atoms with Gasteiger partial charge >= 0.3 is 5.97 Å². The van der Waals surface area contributed by atoms with Gasteiger partial charge in [0.15, 0.2) is 0 Å². The number of benzene rings is 1. The van der Waals surface area contributed by atoms with Gasteiger partial charge in [0.25, 0.3) is 0 Å². The number of esters is 1. The van der Waals surface area contributed by atoms with E-state index < -0.39 is 0 Å². The average molecular weight is 275 g/mol. The number of carbonyl (C=O) groups excluding carboxylic acids is 2. The lowest BCUT2D eigenvalue weighted by Crippen LogP contribution is -2.35. The van der Waals surface area contributed by atoms with Gasteiger partial charge in [0, 0.05) is 11.4 Å². The second-order valence-corrected chi connectivity index (χ2v) is 4.64. The van der Waals surface area contributed by atoms with Crippen molar-refractivity contribution in [3.63, 3.8) is 0 Å². The first-order valence-corrected chi connectivity index (χ1v) is 6.38. The summed E-state index contributed by atoms with van der Waals surface area (Å²) in [7, 11) is 1.33. The minimum Gasteiger partial charge on any atom is -0.469 e. The monoisotopic (exact) mass is 275 g/mol. The fraction of sp³-hybridized carbons (Fsp3) is 0.357. The predicted molar refractivity (Wildman–Crippen MR) is 74.0 cm³/mol. The van der Waals surface area contributed by atoms with E-state index in [1.54, 1.807) is 6.92 Å². The van der Waals surface area contributed by atoms with Gasteiger partial charge in [0.1, 0.15) is 0 Å². The first-order chi connectivity index (χ1) is 9.60. The van der Waals surface area contributed by atoms with Crippen molar-refractivity contribution in [1.29, 1.82) is 0 Å². The number of carbonyl (C=O) groups is 2. The molecule has 0 aliphatic carbocycles. The van der Waals surface area contributed by atoms with Gasteiger partial charge in [-0.1, -0.05) is 18.2 Å². The van der Waals surface area contributed by atoms with E-state index in [-0.39, 0.29) is 30.8 Å². The van der Waals surface area contributed by atoms with E-state index in [9.17, 15) is 9.59 Å². The zero-order chi connectivity index (χ0) is 14.5. The number of aromatic amines is 1. The van der Waals surface area contributed by atoms with Crippen LogP contribution in [0.4, 0.5) is 0 Å². The molecule has 106 valence electrons. The third kappa shape index (κ3) is 3.34. The lowest BCUT2D eigenvalue weighted by atomic mass is 10.1. The molecule has 6 heteroatoms.